The number of hydrogen-bond donors (Lipinski definition) is 1. The molecule has 1 amide bonds. The monoisotopic (exact) mass is 339 g/mol. The molecule has 1 N–H and O–H groups in total. The van der Waals surface area contributed by atoms with Crippen LogP contribution in [-0.2, 0) is 11.3 Å². The van der Waals surface area contributed by atoms with Gasteiger partial charge in [-0.1, -0.05) is 26.0 Å². The molecule has 2 heterocycles. The van der Waals surface area contributed by atoms with Crippen molar-refractivity contribution in [1.82, 2.24) is 24.5 Å². The highest BCUT2D eigenvalue weighted by molar-refractivity contribution is 5.91. The lowest BCUT2D eigenvalue weighted by Crippen LogP contribution is -2.34. The number of nitrogens with one attached hydrogen (secondary N) is 1. The Balaban J connectivity index is 1.79. The molecule has 2 aromatic heterocycles. The van der Waals surface area contributed by atoms with Gasteiger partial charge < -0.3 is 5.32 Å². The zero-order valence-electron chi connectivity index (χ0n) is 14.4. The highest BCUT2D eigenvalue weighted by Gasteiger charge is 2.22. The van der Waals surface area contributed by atoms with Crippen LogP contribution < -0.4 is 11.0 Å². The summed E-state index contributed by atoms with van der Waals surface area (Å²) in [6, 6.07) is 7.61. The molecule has 130 valence electrons. The minimum atomic E-state index is -0.321. The molecule has 0 aliphatic heterocycles. The van der Waals surface area contributed by atoms with Crippen LogP contribution in [0.2, 0.25) is 0 Å². The molecule has 1 fully saturated rings. The van der Waals surface area contributed by atoms with Crippen LogP contribution in [0.25, 0.3) is 16.6 Å². The van der Waals surface area contributed by atoms with Gasteiger partial charge in [0.2, 0.25) is 5.91 Å². The molecule has 0 radical (unpaired) electrons. The van der Waals surface area contributed by atoms with Gasteiger partial charge in [-0.05, 0) is 30.9 Å². The summed E-state index contributed by atoms with van der Waals surface area (Å²) in [5.41, 5.74) is 1.03. The van der Waals surface area contributed by atoms with Crippen LogP contribution >= 0.6 is 0 Å². The number of fused-ring (bicyclic) bond motifs is 3. The summed E-state index contributed by atoms with van der Waals surface area (Å²) in [6.45, 7) is 4.59. The summed E-state index contributed by atoms with van der Waals surface area (Å²) in [5, 5.41) is 8.11. The molecule has 7 heteroatoms. The van der Waals surface area contributed by atoms with Gasteiger partial charge in [0.05, 0.1) is 5.52 Å². The molecule has 1 aliphatic rings. The Morgan fingerprint density at radius 2 is 2.08 bits per heavy atom. The number of hydrogen-bond acceptors (Lipinski definition) is 4. The molecule has 3 aromatic rings. The van der Waals surface area contributed by atoms with Gasteiger partial charge in [-0.3, -0.25) is 4.79 Å². The third-order valence-corrected chi connectivity index (χ3v) is 4.54. The molecule has 0 spiro atoms. The normalized spacial score (nSPS) is 14.5. The minimum Gasteiger partial charge on any atom is -0.354 e. The van der Waals surface area contributed by atoms with E-state index in [4.69, 9.17) is 0 Å². The Bertz CT molecular complexity index is 1010. The van der Waals surface area contributed by atoms with E-state index in [1.807, 2.05) is 38.1 Å². The van der Waals surface area contributed by atoms with Crippen molar-refractivity contribution in [2.75, 3.05) is 6.54 Å². The first-order chi connectivity index (χ1) is 12.0. The van der Waals surface area contributed by atoms with E-state index < -0.39 is 0 Å². The summed E-state index contributed by atoms with van der Waals surface area (Å²) in [6.07, 6.45) is 2.34. The number of aromatic nitrogens is 4. The van der Waals surface area contributed by atoms with Crippen LogP contribution in [0.5, 0.6) is 0 Å². The van der Waals surface area contributed by atoms with Crippen LogP contribution in [-0.4, -0.2) is 31.6 Å². The van der Waals surface area contributed by atoms with E-state index >= 15 is 0 Å². The fourth-order valence-corrected chi connectivity index (χ4v) is 2.98. The van der Waals surface area contributed by atoms with Crippen molar-refractivity contribution in [2.45, 2.75) is 39.2 Å². The van der Waals surface area contributed by atoms with Crippen molar-refractivity contribution in [3.05, 3.63) is 40.6 Å². The minimum absolute atomic E-state index is 0.0612. The van der Waals surface area contributed by atoms with Crippen LogP contribution in [0.3, 0.4) is 0 Å². The molecule has 0 atom stereocenters. The summed E-state index contributed by atoms with van der Waals surface area (Å²) < 4.78 is 2.76. The second-order valence-electron chi connectivity index (χ2n) is 6.99. The fourth-order valence-electron chi connectivity index (χ4n) is 2.98. The van der Waals surface area contributed by atoms with E-state index in [0.717, 1.165) is 10.9 Å². The number of rotatable bonds is 5. The molecule has 4 rings (SSSR count). The number of carbonyl (C=O) groups excluding carboxylic acids is 1. The molecule has 1 saturated carbocycles. The number of carbonyl (C=O) groups is 1. The number of nitrogens with zero attached hydrogens (tertiary/aromatic N) is 4. The van der Waals surface area contributed by atoms with Gasteiger partial charge in [-0.15, -0.1) is 5.10 Å². The quantitative estimate of drug-likeness (QED) is 0.767. The van der Waals surface area contributed by atoms with E-state index in [9.17, 15) is 9.59 Å². The summed E-state index contributed by atoms with van der Waals surface area (Å²) in [5.74, 6) is 1.14. The molecule has 1 aliphatic carbocycles. The van der Waals surface area contributed by atoms with Gasteiger partial charge in [0.1, 0.15) is 12.4 Å². The van der Waals surface area contributed by atoms with E-state index in [-0.39, 0.29) is 24.1 Å². The summed E-state index contributed by atoms with van der Waals surface area (Å²) >= 11 is 0. The number of para-hydroxylation sites is 1. The maximum Gasteiger partial charge on any atom is 0.352 e. The van der Waals surface area contributed by atoms with Gasteiger partial charge in [0.15, 0.2) is 5.65 Å². The second kappa shape index (κ2) is 5.98. The highest BCUT2D eigenvalue weighted by Crippen LogP contribution is 2.27. The van der Waals surface area contributed by atoms with Crippen LogP contribution in [0.4, 0.5) is 0 Å². The third kappa shape index (κ3) is 2.90. The first-order valence-corrected chi connectivity index (χ1v) is 8.69. The van der Waals surface area contributed by atoms with Crippen molar-refractivity contribution in [3.63, 3.8) is 0 Å². The van der Waals surface area contributed by atoms with Crippen molar-refractivity contribution in [3.8, 4) is 0 Å². The highest BCUT2D eigenvalue weighted by atomic mass is 16.2. The average molecular weight is 339 g/mol. The zero-order valence-corrected chi connectivity index (χ0v) is 14.4. The molecule has 25 heavy (non-hydrogen) atoms. The van der Waals surface area contributed by atoms with Crippen molar-refractivity contribution in [2.24, 2.45) is 5.92 Å². The molecular formula is C18H21N5O2. The summed E-state index contributed by atoms with van der Waals surface area (Å²) in [7, 11) is 0. The number of benzene rings is 1. The predicted molar refractivity (Wildman–Crippen MR) is 94.6 cm³/mol. The standard InChI is InChI=1S/C18H21N5O2/c1-11(2)16-20-14-6-4-3-5-13(14)17-21-22(18(25)23(16)17)10-15(24)19-9-12-7-8-12/h3-6,11-12H,7-10H2,1-2H3,(H,19,24). The van der Waals surface area contributed by atoms with Gasteiger partial charge in [0, 0.05) is 17.8 Å². The second-order valence-corrected chi connectivity index (χ2v) is 6.99. The average Bonchev–Trinajstić information content (AvgIpc) is 3.37. The zero-order chi connectivity index (χ0) is 17.6. The lowest BCUT2D eigenvalue weighted by atomic mass is 10.2. The molecule has 0 saturated heterocycles. The van der Waals surface area contributed by atoms with Crippen molar-refractivity contribution < 1.29 is 4.79 Å². The van der Waals surface area contributed by atoms with Crippen LogP contribution in [0.1, 0.15) is 38.4 Å². The topological polar surface area (TPSA) is 81.3 Å². The Hall–Kier alpha value is -2.70. The molecule has 7 nitrogen and oxygen atoms in total. The first-order valence-electron chi connectivity index (χ1n) is 8.69. The number of amides is 1. The lowest BCUT2D eigenvalue weighted by Gasteiger charge is -2.08. The summed E-state index contributed by atoms with van der Waals surface area (Å²) in [4.78, 5) is 29.6. The SMILES string of the molecule is CC(C)c1nc2ccccc2c2nn(CC(=O)NCC3CC3)c(=O)n12. The van der Waals surface area contributed by atoms with E-state index in [1.54, 1.807) is 0 Å². The Morgan fingerprint density at radius 1 is 1.32 bits per heavy atom. The van der Waals surface area contributed by atoms with E-state index in [1.165, 1.54) is 21.9 Å². The van der Waals surface area contributed by atoms with Crippen LogP contribution in [0, 0.1) is 5.92 Å². The van der Waals surface area contributed by atoms with Gasteiger partial charge >= 0.3 is 5.69 Å². The van der Waals surface area contributed by atoms with E-state index in [0.29, 0.717) is 23.9 Å². The van der Waals surface area contributed by atoms with Gasteiger partial charge in [-0.2, -0.15) is 0 Å². The maximum absolute atomic E-state index is 12.8. The lowest BCUT2D eigenvalue weighted by molar-refractivity contribution is -0.121. The predicted octanol–water partition coefficient (Wildman–Crippen LogP) is 1.69. The molecule has 1 aromatic carbocycles. The Labute approximate surface area is 144 Å². The van der Waals surface area contributed by atoms with Crippen molar-refractivity contribution in [1.29, 1.82) is 0 Å². The third-order valence-electron chi connectivity index (χ3n) is 4.54. The maximum atomic E-state index is 12.8. The van der Waals surface area contributed by atoms with Gasteiger partial charge in [-0.25, -0.2) is 18.9 Å². The fraction of sp³-hybridized carbons (Fsp3) is 0.444. The molecular weight excluding hydrogens is 318 g/mol. The van der Waals surface area contributed by atoms with Crippen LogP contribution in [0.15, 0.2) is 29.1 Å². The van der Waals surface area contributed by atoms with Crippen molar-refractivity contribution >= 4 is 22.5 Å². The largest absolute Gasteiger partial charge is 0.354 e. The van der Waals surface area contributed by atoms with Gasteiger partial charge in [0.25, 0.3) is 0 Å². The first kappa shape index (κ1) is 15.8. The smallest absolute Gasteiger partial charge is 0.352 e. The van der Waals surface area contributed by atoms with E-state index in [2.05, 4.69) is 15.4 Å². The Morgan fingerprint density at radius 3 is 2.80 bits per heavy atom. The Kier molecular flexibility index (Phi) is 3.78. The molecule has 0 unspecified atom stereocenters. The molecule has 0 bridgehead atoms.